The lowest BCUT2D eigenvalue weighted by atomic mass is 9.90. The van der Waals surface area contributed by atoms with Crippen molar-refractivity contribution in [3.8, 4) is 28.2 Å². The van der Waals surface area contributed by atoms with E-state index in [1.54, 1.807) is 58.1 Å². The van der Waals surface area contributed by atoms with Crippen molar-refractivity contribution in [2.24, 2.45) is 5.92 Å². The molecule has 2 amide bonds. The molecule has 4 aliphatic rings. The molecule has 9 rings (SSSR count). The number of piperazine rings is 2. The van der Waals surface area contributed by atoms with E-state index < -0.39 is 24.0 Å². The first kappa shape index (κ1) is 48.5. The predicted molar refractivity (Wildman–Crippen MR) is 259 cm³/mol. The van der Waals surface area contributed by atoms with Crippen LogP contribution in [0, 0.1) is 5.92 Å². The van der Waals surface area contributed by atoms with Crippen LogP contribution < -0.4 is 20.5 Å². The van der Waals surface area contributed by atoms with Crippen LogP contribution in [-0.4, -0.2) is 158 Å². The van der Waals surface area contributed by atoms with Crippen LogP contribution in [0.3, 0.4) is 0 Å². The van der Waals surface area contributed by atoms with Crippen LogP contribution in [0.1, 0.15) is 61.0 Å². The minimum atomic E-state index is -1.24. The van der Waals surface area contributed by atoms with E-state index in [9.17, 15) is 39.3 Å². The summed E-state index contributed by atoms with van der Waals surface area (Å²) in [7, 11) is 0. The second-order valence-electron chi connectivity index (χ2n) is 18.0. The zero-order valence-electron chi connectivity index (χ0n) is 39.6. The summed E-state index contributed by atoms with van der Waals surface area (Å²) in [5.41, 5.74) is 2.54. The number of aryl methyl sites for hydroxylation is 1. The summed E-state index contributed by atoms with van der Waals surface area (Å²) in [5.74, 6) is -1.77. The lowest BCUT2D eigenvalue weighted by Gasteiger charge is -2.38. The monoisotopic (exact) mass is 984 g/mol. The van der Waals surface area contributed by atoms with Gasteiger partial charge in [-0.2, -0.15) is 15.0 Å². The number of aromatic nitrogens is 9. The van der Waals surface area contributed by atoms with Gasteiger partial charge in [0, 0.05) is 119 Å². The summed E-state index contributed by atoms with van der Waals surface area (Å²) in [6.45, 7) is 8.21. The number of aromatic carboxylic acids is 1. The molecule has 3 aliphatic heterocycles. The van der Waals surface area contributed by atoms with Gasteiger partial charge in [0.25, 0.3) is 0 Å². The van der Waals surface area contributed by atoms with Crippen LogP contribution in [0.4, 0.5) is 23.5 Å². The van der Waals surface area contributed by atoms with Crippen LogP contribution in [0.15, 0.2) is 76.2 Å². The molecule has 24 nitrogen and oxygen atoms in total. The number of aromatic hydroxyl groups is 1. The average molecular weight is 985 g/mol. The van der Waals surface area contributed by atoms with E-state index in [1.807, 2.05) is 23.6 Å². The van der Waals surface area contributed by atoms with Crippen molar-refractivity contribution >= 4 is 58.3 Å². The number of carbonyl (C=O) groups excluding carboxylic acids is 2. The summed E-state index contributed by atoms with van der Waals surface area (Å²) in [6, 6.07) is 12.2. The molecule has 2 aromatic carbocycles. The minimum absolute atomic E-state index is 0.0739. The number of carbonyl (C=O) groups is 4. The van der Waals surface area contributed by atoms with Crippen molar-refractivity contribution in [1.29, 1.82) is 0 Å². The number of phenolic OH excluding ortho intramolecular Hbond substituents is 1. The molecule has 6 heterocycles. The lowest BCUT2D eigenvalue weighted by molar-refractivity contribution is -0.137. The number of nitrogens with zero attached hydrogens (tertiary/aromatic N) is 13. The van der Waals surface area contributed by atoms with Gasteiger partial charge < -0.3 is 49.8 Å². The molecule has 0 saturated carbocycles. The van der Waals surface area contributed by atoms with E-state index in [-0.39, 0.29) is 71.2 Å². The maximum Gasteiger partial charge on any atom is 0.336 e. The Bertz CT molecular complexity index is 3190. The van der Waals surface area contributed by atoms with E-state index in [4.69, 9.17) is 24.5 Å². The molecule has 3 aromatic heterocycles. The Morgan fingerprint density at radius 1 is 0.722 bits per heavy atom. The molecular weight excluding hydrogens is 933 g/mol. The first-order valence-electron chi connectivity index (χ1n) is 23.5. The molecule has 2 fully saturated rings. The van der Waals surface area contributed by atoms with Gasteiger partial charge in [0.05, 0.1) is 23.4 Å². The highest BCUT2D eigenvalue weighted by Crippen LogP contribution is 2.42. The van der Waals surface area contributed by atoms with Gasteiger partial charge in [0.15, 0.2) is 5.43 Å². The fourth-order valence-electron chi connectivity index (χ4n) is 9.04. The maximum atomic E-state index is 14.0. The number of aliphatic carboxylic acids is 1. The first-order chi connectivity index (χ1) is 34.6. The predicted octanol–water partition coefficient (Wildman–Crippen LogP) is 3.09. The van der Waals surface area contributed by atoms with Gasteiger partial charge in [0.1, 0.15) is 29.2 Å². The number of fused-ring (bicyclic) bond motifs is 2. The smallest absolute Gasteiger partial charge is 0.336 e. The zero-order chi connectivity index (χ0) is 50.8. The third-order valence-electron chi connectivity index (χ3n) is 12.8. The molecule has 5 N–H and O–H groups in total. The molecule has 0 unspecified atom stereocenters. The van der Waals surface area contributed by atoms with Crippen LogP contribution in [0.2, 0.25) is 0 Å². The molecule has 1 aliphatic carbocycles. The highest BCUT2D eigenvalue weighted by molar-refractivity contribution is 6.08. The fraction of sp³-hybridized carbons (Fsp3) is 0.375. The normalized spacial score (nSPS) is 15.1. The third kappa shape index (κ3) is 10.2. The molecule has 0 spiro atoms. The number of aliphatic hydroxyl groups is 1. The van der Waals surface area contributed by atoms with E-state index in [2.05, 4.69) is 25.9 Å². The summed E-state index contributed by atoms with van der Waals surface area (Å²) >= 11 is 0. The topological polar surface area (TPSA) is 304 Å². The van der Waals surface area contributed by atoms with E-state index in [1.165, 1.54) is 35.0 Å². The van der Waals surface area contributed by atoms with Gasteiger partial charge in [-0.25, -0.2) is 14.2 Å². The minimum Gasteiger partial charge on any atom is -0.508 e. The number of anilines is 4. The quantitative estimate of drug-likeness (QED) is 0.0869. The Morgan fingerprint density at radius 3 is 1.99 bits per heavy atom. The van der Waals surface area contributed by atoms with Gasteiger partial charge in [0.2, 0.25) is 29.7 Å². The molecule has 72 heavy (non-hydrogen) atoms. The highest BCUT2D eigenvalue weighted by Gasteiger charge is 2.34. The summed E-state index contributed by atoms with van der Waals surface area (Å²) in [5, 5.41) is 59.6. The molecule has 0 radical (unpaired) electrons. The number of carboxylic acid groups (broad SMARTS) is 2. The van der Waals surface area contributed by atoms with Gasteiger partial charge in [-0.1, -0.05) is 30.3 Å². The standard InChI is InChI=1S/C48H52N14O10/c1-27(2)42(62-26-31(12-21-63)54-56-62)44(69)58-15-19-60(20-16-58)48-51-46(50-47(52-48)59-17-13-57(14-18-59)43(68)28(3)61-25-30(53-55-61)5-11-40(66)67)49-29-4-8-34(37(22-29)45(70)71)41-35-9-6-32(64)23-38(35)72-39-24-33(65)7-10-36(39)41/h4,6-10,22-28,42,63-64H,5,11-21H2,1-3H3,(H,66,67)(H,70,71)(H,49,50,51,52)/t28-,42-/m0/s1. The summed E-state index contributed by atoms with van der Waals surface area (Å²) < 4.78 is 8.98. The van der Waals surface area contributed by atoms with Crippen molar-refractivity contribution < 1.29 is 44.0 Å². The number of hydrogen-bond acceptors (Lipinski definition) is 18. The Labute approximate surface area is 410 Å². The van der Waals surface area contributed by atoms with Crippen molar-refractivity contribution in [3.05, 3.63) is 94.2 Å². The molecule has 374 valence electrons. The second-order valence-corrected chi connectivity index (χ2v) is 18.0. The average Bonchev–Trinajstić information content (AvgIpc) is 4.05. The number of benzene rings is 3. The Morgan fingerprint density at radius 2 is 1.35 bits per heavy atom. The van der Waals surface area contributed by atoms with E-state index in [0.29, 0.717) is 110 Å². The number of hydrogen-bond donors (Lipinski definition) is 5. The number of carboxylic acids is 2. The lowest BCUT2D eigenvalue weighted by Crippen LogP contribution is -2.52. The fourth-order valence-corrected chi connectivity index (χ4v) is 9.04. The second kappa shape index (κ2) is 20.4. The molecule has 5 aromatic rings. The van der Waals surface area contributed by atoms with Crippen molar-refractivity contribution in [2.45, 2.75) is 52.1 Å². The third-order valence-corrected chi connectivity index (χ3v) is 12.8. The Balaban J connectivity index is 0.993. The number of phenols is 1. The molecule has 2 saturated heterocycles. The number of nitrogens with one attached hydrogen (secondary N) is 1. The largest absolute Gasteiger partial charge is 0.508 e. The number of amides is 2. The maximum absolute atomic E-state index is 14.0. The van der Waals surface area contributed by atoms with E-state index >= 15 is 0 Å². The summed E-state index contributed by atoms with van der Waals surface area (Å²) in [4.78, 5) is 86.2. The van der Waals surface area contributed by atoms with Gasteiger partial charge in [-0.15, -0.1) is 10.2 Å². The molecule has 2 atom stereocenters. The van der Waals surface area contributed by atoms with E-state index in [0.717, 1.165) is 0 Å². The zero-order valence-corrected chi connectivity index (χ0v) is 39.6. The van der Waals surface area contributed by atoms with Crippen molar-refractivity contribution in [2.75, 3.05) is 74.1 Å². The van der Waals surface area contributed by atoms with Crippen LogP contribution >= 0.6 is 0 Å². The van der Waals surface area contributed by atoms with Crippen LogP contribution in [0.5, 0.6) is 5.75 Å². The molecule has 24 heteroatoms. The van der Waals surface area contributed by atoms with Gasteiger partial charge >= 0.3 is 11.9 Å². The van der Waals surface area contributed by atoms with Crippen LogP contribution in [-0.2, 0) is 27.2 Å². The van der Waals surface area contributed by atoms with Gasteiger partial charge in [-0.05, 0) is 54.8 Å². The van der Waals surface area contributed by atoms with Crippen LogP contribution in [0.25, 0.3) is 33.4 Å². The number of aliphatic hydroxyl groups excluding tert-OH is 1. The molecule has 0 bridgehead atoms. The Kier molecular flexibility index (Phi) is 13.8. The molecular formula is C48H52N14O10. The SMILES string of the molecule is CC(C)[C@@H](C(=O)N1CCN(c2nc(Nc3ccc(-c4c5ccc(=O)cc-5oc5cc(O)ccc45)c(C(=O)O)c3)nc(N3CCN(C(=O)[C@H](C)n4cc(CCC(=O)O)nn4)CC3)n2)CC1)n1cc(CCO)nn1. The van der Waals surface area contributed by atoms with Gasteiger partial charge in [-0.3, -0.25) is 19.2 Å². The van der Waals surface area contributed by atoms with Crippen molar-refractivity contribution in [1.82, 2.24) is 54.7 Å². The highest BCUT2D eigenvalue weighted by atomic mass is 16.4. The Hall–Kier alpha value is -8.54. The van der Waals surface area contributed by atoms with Crippen molar-refractivity contribution in [3.63, 3.8) is 0 Å². The summed E-state index contributed by atoms with van der Waals surface area (Å²) in [6.07, 6.45) is 3.67. The first-order valence-corrected chi connectivity index (χ1v) is 23.5. The number of rotatable bonds is 16.